The monoisotopic (exact) mass is 188 g/mol. The highest BCUT2D eigenvalue weighted by molar-refractivity contribution is 5.58. The molecule has 2 aromatic heterocycles. The quantitative estimate of drug-likeness (QED) is 0.777. The molecule has 0 fully saturated rings. The molecule has 2 heterocycles. The fraction of sp³-hybridized carbons (Fsp3) is 0.200. The maximum absolute atomic E-state index is 5.50. The Morgan fingerprint density at radius 3 is 2.79 bits per heavy atom. The Hall–Kier alpha value is -1.84. The molecule has 72 valence electrons. The lowest BCUT2D eigenvalue weighted by atomic mass is 10.2. The van der Waals surface area contributed by atoms with E-state index in [0.29, 0.717) is 5.82 Å². The maximum Gasteiger partial charge on any atom is 0.123 e. The van der Waals surface area contributed by atoms with Crippen LogP contribution >= 0.6 is 0 Å². The van der Waals surface area contributed by atoms with Gasteiger partial charge < -0.3 is 10.3 Å². The third-order valence-electron chi connectivity index (χ3n) is 2.08. The van der Waals surface area contributed by atoms with Gasteiger partial charge >= 0.3 is 0 Å². The molecule has 0 aliphatic rings. The second-order valence-electron chi connectivity index (χ2n) is 3.06. The van der Waals surface area contributed by atoms with E-state index < -0.39 is 0 Å². The van der Waals surface area contributed by atoms with E-state index in [4.69, 9.17) is 5.73 Å². The Morgan fingerprint density at radius 2 is 2.21 bits per heavy atom. The van der Waals surface area contributed by atoms with Crippen LogP contribution in [0.3, 0.4) is 0 Å². The van der Waals surface area contributed by atoms with Gasteiger partial charge in [0.25, 0.3) is 0 Å². The molecule has 0 amide bonds. The Morgan fingerprint density at radius 1 is 1.36 bits per heavy atom. The van der Waals surface area contributed by atoms with Crippen molar-refractivity contribution < 1.29 is 0 Å². The third kappa shape index (κ3) is 1.59. The van der Waals surface area contributed by atoms with Gasteiger partial charge in [-0.25, -0.2) is 9.97 Å². The number of rotatable bonds is 2. The van der Waals surface area contributed by atoms with E-state index >= 15 is 0 Å². The first-order valence-corrected chi connectivity index (χ1v) is 4.53. The molecule has 0 bridgehead atoms. The van der Waals surface area contributed by atoms with Crippen molar-refractivity contribution in [2.24, 2.45) is 0 Å². The van der Waals surface area contributed by atoms with Gasteiger partial charge in [-0.1, -0.05) is 0 Å². The minimum absolute atomic E-state index is 0.531. The molecule has 4 heteroatoms. The fourth-order valence-corrected chi connectivity index (χ4v) is 1.24. The standard InChI is InChI=1S/C10H12N4/c1-2-14-6-9(13-7-14)8-3-4-10(11)12-5-8/h3-7H,2H2,1H3,(H2,11,12). The molecule has 0 radical (unpaired) electrons. The van der Waals surface area contributed by atoms with Crippen molar-refractivity contribution in [2.45, 2.75) is 13.5 Å². The highest BCUT2D eigenvalue weighted by Gasteiger charge is 2.01. The third-order valence-corrected chi connectivity index (χ3v) is 2.08. The van der Waals surface area contributed by atoms with E-state index in [2.05, 4.69) is 16.9 Å². The van der Waals surface area contributed by atoms with E-state index in [-0.39, 0.29) is 0 Å². The van der Waals surface area contributed by atoms with Gasteiger partial charge in [0, 0.05) is 24.5 Å². The molecule has 0 unspecified atom stereocenters. The zero-order chi connectivity index (χ0) is 9.97. The molecule has 14 heavy (non-hydrogen) atoms. The number of nitrogens with zero attached hydrogens (tertiary/aromatic N) is 3. The summed E-state index contributed by atoms with van der Waals surface area (Å²) in [5, 5.41) is 0. The number of nitrogens with two attached hydrogens (primary N) is 1. The number of pyridine rings is 1. The molecule has 4 nitrogen and oxygen atoms in total. The van der Waals surface area contributed by atoms with Crippen molar-refractivity contribution in [1.82, 2.24) is 14.5 Å². The lowest BCUT2D eigenvalue weighted by Crippen LogP contribution is -1.89. The SMILES string of the molecule is CCn1cnc(-c2ccc(N)nc2)c1. The fourth-order valence-electron chi connectivity index (χ4n) is 1.24. The van der Waals surface area contributed by atoms with E-state index in [1.165, 1.54) is 0 Å². The van der Waals surface area contributed by atoms with Gasteiger partial charge in [-0.05, 0) is 19.1 Å². The van der Waals surface area contributed by atoms with Gasteiger partial charge in [-0.2, -0.15) is 0 Å². The van der Waals surface area contributed by atoms with Crippen LogP contribution in [0.4, 0.5) is 5.82 Å². The summed E-state index contributed by atoms with van der Waals surface area (Å²) in [6.07, 6.45) is 5.54. The van der Waals surface area contributed by atoms with Crippen molar-refractivity contribution in [1.29, 1.82) is 0 Å². The largest absolute Gasteiger partial charge is 0.384 e. The Kier molecular flexibility index (Phi) is 2.18. The van der Waals surface area contributed by atoms with Crippen LogP contribution < -0.4 is 5.73 Å². The molecule has 2 rings (SSSR count). The van der Waals surface area contributed by atoms with Crippen molar-refractivity contribution >= 4 is 5.82 Å². The number of imidazole rings is 1. The van der Waals surface area contributed by atoms with Crippen LogP contribution in [0.1, 0.15) is 6.92 Å². The van der Waals surface area contributed by atoms with Crippen LogP contribution in [0.15, 0.2) is 30.9 Å². The summed E-state index contributed by atoms with van der Waals surface area (Å²) in [6, 6.07) is 3.70. The second-order valence-corrected chi connectivity index (χ2v) is 3.06. The van der Waals surface area contributed by atoms with E-state index in [0.717, 1.165) is 17.8 Å². The van der Waals surface area contributed by atoms with Gasteiger partial charge in [0.05, 0.1) is 12.0 Å². The molecule has 0 aliphatic carbocycles. The second kappa shape index (κ2) is 3.49. The minimum atomic E-state index is 0.531. The zero-order valence-corrected chi connectivity index (χ0v) is 8.01. The van der Waals surface area contributed by atoms with Crippen LogP contribution in [0.25, 0.3) is 11.3 Å². The summed E-state index contributed by atoms with van der Waals surface area (Å²) in [7, 11) is 0. The van der Waals surface area contributed by atoms with Gasteiger partial charge in [0.2, 0.25) is 0 Å². The maximum atomic E-state index is 5.50. The van der Waals surface area contributed by atoms with Crippen molar-refractivity contribution in [3.05, 3.63) is 30.9 Å². The Bertz CT molecular complexity index is 416. The first kappa shape index (κ1) is 8.74. The number of aryl methyl sites for hydroxylation is 1. The van der Waals surface area contributed by atoms with Crippen LogP contribution in [-0.4, -0.2) is 14.5 Å². The molecular formula is C10H12N4. The summed E-state index contributed by atoms with van der Waals surface area (Å²) in [5.41, 5.74) is 7.42. The van der Waals surface area contributed by atoms with Crippen molar-refractivity contribution in [2.75, 3.05) is 5.73 Å². The van der Waals surface area contributed by atoms with E-state index in [1.807, 2.05) is 23.2 Å². The highest BCUT2D eigenvalue weighted by atomic mass is 15.0. The number of hydrogen-bond donors (Lipinski definition) is 1. The average molecular weight is 188 g/mol. The van der Waals surface area contributed by atoms with E-state index in [1.54, 1.807) is 12.3 Å². The summed E-state index contributed by atoms with van der Waals surface area (Å²) in [4.78, 5) is 8.29. The summed E-state index contributed by atoms with van der Waals surface area (Å²) >= 11 is 0. The smallest absolute Gasteiger partial charge is 0.123 e. The van der Waals surface area contributed by atoms with Gasteiger partial charge in [0.1, 0.15) is 5.82 Å². The van der Waals surface area contributed by atoms with Crippen LogP contribution in [-0.2, 0) is 6.54 Å². The van der Waals surface area contributed by atoms with Gasteiger partial charge in [-0.15, -0.1) is 0 Å². The van der Waals surface area contributed by atoms with Crippen molar-refractivity contribution in [3.8, 4) is 11.3 Å². The summed E-state index contributed by atoms with van der Waals surface area (Å²) in [6.45, 7) is 3.00. The molecule has 0 saturated carbocycles. The summed E-state index contributed by atoms with van der Waals surface area (Å²) in [5.74, 6) is 0.531. The van der Waals surface area contributed by atoms with E-state index in [9.17, 15) is 0 Å². The molecular weight excluding hydrogens is 176 g/mol. The molecule has 2 N–H and O–H groups in total. The molecule has 0 atom stereocenters. The Balaban J connectivity index is 2.34. The summed E-state index contributed by atoms with van der Waals surface area (Å²) < 4.78 is 2.02. The van der Waals surface area contributed by atoms with Crippen LogP contribution in [0.5, 0.6) is 0 Å². The lowest BCUT2D eigenvalue weighted by molar-refractivity contribution is 0.762. The zero-order valence-electron chi connectivity index (χ0n) is 8.01. The number of nitrogen functional groups attached to an aromatic ring is 1. The molecule has 0 aromatic carbocycles. The average Bonchev–Trinajstić information content (AvgIpc) is 2.67. The Labute approximate surface area is 82.4 Å². The van der Waals surface area contributed by atoms with Gasteiger partial charge in [-0.3, -0.25) is 0 Å². The predicted octanol–water partition coefficient (Wildman–Crippen LogP) is 1.55. The van der Waals surface area contributed by atoms with Crippen LogP contribution in [0.2, 0.25) is 0 Å². The molecule has 0 saturated heterocycles. The molecule has 0 aliphatic heterocycles. The lowest BCUT2D eigenvalue weighted by Gasteiger charge is -1.96. The number of aromatic nitrogens is 3. The van der Waals surface area contributed by atoms with Gasteiger partial charge in [0.15, 0.2) is 0 Å². The minimum Gasteiger partial charge on any atom is -0.384 e. The molecule has 2 aromatic rings. The molecule has 0 spiro atoms. The highest BCUT2D eigenvalue weighted by Crippen LogP contribution is 2.16. The topological polar surface area (TPSA) is 56.7 Å². The van der Waals surface area contributed by atoms with Crippen LogP contribution in [0, 0.1) is 0 Å². The normalized spacial score (nSPS) is 10.4. The number of hydrogen-bond acceptors (Lipinski definition) is 3. The van der Waals surface area contributed by atoms with Crippen molar-refractivity contribution in [3.63, 3.8) is 0 Å². The first-order chi connectivity index (χ1) is 6.79. The number of anilines is 1. The predicted molar refractivity (Wildman–Crippen MR) is 55.5 cm³/mol. The first-order valence-electron chi connectivity index (χ1n) is 4.53.